The van der Waals surface area contributed by atoms with Crippen LogP contribution in [0.4, 0.5) is 5.95 Å². The van der Waals surface area contributed by atoms with E-state index in [4.69, 9.17) is 4.74 Å². The Kier molecular flexibility index (Phi) is 4.77. The molecule has 136 valence electrons. The van der Waals surface area contributed by atoms with E-state index in [-0.39, 0.29) is 12.6 Å². The Morgan fingerprint density at radius 2 is 1.93 bits per heavy atom. The summed E-state index contributed by atoms with van der Waals surface area (Å²) in [4.78, 5) is 17.2. The SMILES string of the molecule is CC1=C(C(=O)OCc2ccccc2)C(c2ccc(Br)cc2)n2ncnc2N1. The fourth-order valence-electron chi connectivity index (χ4n) is 3.11. The Balaban J connectivity index is 1.67. The summed E-state index contributed by atoms with van der Waals surface area (Å²) < 4.78 is 8.27. The first-order valence-electron chi connectivity index (χ1n) is 8.47. The van der Waals surface area contributed by atoms with E-state index < -0.39 is 6.04 Å². The number of fused-ring (bicyclic) bond motifs is 1. The number of rotatable bonds is 4. The number of hydrogen-bond acceptors (Lipinski definition) is 5. The summed E-state index contributed by atoms with van der Waals surface area (Å²) >= 11 is 3.45. The van der Waals surface area contributed by atoms with E-state index in [2.05, 4.69) is 31.3 Å². The van der Waals surface area contributed by atoms with E-state index >= 15 is 0 Å². The Morgan fingerprint density at radius 3 is 2.67 bits per heavy atom. The minimum absolute atomic E-state index is 0.216. The molecule has 0 amide bonds. The monoisotopic (exact) mass is 424 g/mol. The minimum atomic E-state index is -0.403. The molecule has 7 heteroatoms. The predicted octanol–water partition coefficient (Wildman–Crippen LogP) is 4.07. The van der Waals surface area contributed by atoms with Gasteiger partial charge in [-0.3, -0.25) is 0 Å². The molecule has 0 aliphatic carbocycles. The summed E-state index contributed by atoms with van der Waals surface area (Å²) in [5, 5.41) is 7.45. The van der Waals surface area contributed by atoms with Crippen LogP contribution in [-0.2, 0) is 16.1 Å². The second-order valence-electron chi connectivity index (χ2n) is 6.21. The van der Waals surface area contributed by atoms with Gasteiger partial charge in [0.25, 0.3) is 0 Å². The highest BCUT2D eigenvalue weighted by molar-refractivity contribution is 9.10. The largest absolute Gasteiger partial charge is 0.457 e. The molecule has 0 fully saturated rings. The molecule has 2 heterocycles. The van der Waals surface area contributed by atoms with Crippen LogP contribution in [-0.4, -0.2) is 20.7 Å². The molecular weight excluding hydrogens is 408 g/mol. The number of carbonyl (C=O) groups excluding carboxylic acids is 1. The van der Waals surface area contributed by atoms with Gasteiger partial charge in [0.1, 0.15) is 19.0 Å². The van der Waals surface area contributed by atoms with Crippen LogP contribution in [0.25, 0.3) is 0 Å². The zero-order valence-corrected chi connectivity index (χ0v) is 16.2. The van der Waals surface area contributed by atoms with Crippen LogP contribution < -0.4 is 5.32 Å². The van der Waals surface area contributed by atoms with Gasteiger partial charge in [-0.1, -0.05) is 58.4 Å². The molecule has 1 atom stereocenters. The van der Waals surface area contributed by atoms with E-state index in [0.29, 0.717) is 17.2 Å². The van der Waals surface area contributed by atoms with Crippen molar-refractivity contribution < 1.29 is 9.53 Å². The van der Waals surface area contributed by atoms with Gasteiger partial charge in [0.2, 0.25) is 5.95 Å². The highest BCUT2D eigenvalue weighted by atomic mass is 79.9. The lowest BCUT2D eigenvalue weighted by Crippen LogP contribution is -2.29. The van der Waals surface area contributed by atoms with E-state index in [9.17, 15) is 4.79 Å². The number of hydrogen-bond donors (Lipinski definition) is 1. The topological polar surface area (TPSA) is 69.0 Å². The second kappa shape index (κ2) is 7.36. The maximum Gasteiger partial charge on any atom is 0.338 e. The van der Waals surface area contributed by atoms with Crippen molar-refractivity contribution in [2.75, 3.05) is 5.32 Å². The number of anilines is 1. The summed E-state index contributed by atoms with van der Waals surface area (Å²) in [6.45, 7) is 2.07. The molecule has 1 aromatic heterocycles. The third kappa shape index (κ3) is 3.50. The summed E-state index contributed by atoms with van der Waals surface area (Å²) in [7, 11) is 0. The molecule has 1 aliphatic heterocycles. The molecule has 4 rings (SSSR count). The molecule has 0 saturated heterocycles. The summed E-state index contributed by atoms with van der Waals surface area (Å²) in [6.07, 6.45) is 1.47. The quantitative estimate of drug-likeness (QED) is 0.639. The van der Waals surface area contributed by atoms with Gasteiger partial charge in [-0.05, 0) is 30.2 Å². The summed E-state index contributed by atoms with van der Waals surface area (Å²) in [6, 6.07) is 17.0. The third-order valence-electron chi connectivity index (χ3n) is 4.41. The van der Waals surface area contributed by atoms with Crippen molar-refractivity contribution in [3.8, 4) is 0 Å². The number of allylic oxidation sites excluding steroid dienone is 1. The molecule has 0 radical (unpaired) electrons. The van der Waals surface area contributed by atoms with Gasteiger partial charge in [0.05, 0.1) is 5.57 Å². The minimum Gasteiger partial charge on any atom is -0.457 e. The number of ether oxygens (including phenoxy) is 1. The molecule has 0 spiro atoms. The normalized spacial score (nSPS) is 15.9. The van der Waals surface area contributed by atoms with Gasteiger partial charge in [0, 0.05) is 10.2 Å². The first-order valence-corrected chi connectivity index (χ1v) is 9.26. The van der Waals surface area contributed by atoms with E-state index in [1.54, 1.807) is 4.68 Å². The molecule has 0 bridgehead atoms. The molecule has 1 aliphatic rings. The summed E-state index contributed by atoms with van der Waals surface area (Å²) in [5.74, 6) is 0.220. The molecule has 1 unspecified atom stereocenters. The molecule has 6 nitrogen and oxygen atoms in total. The highest BCUT2D eigenvalue weighted by Crippen LogP contribution is 2.35. The van der Waals surface area contributed by atoms with Crippen molar-refractivity contribution >= 4 is 27.8 Å². The Bertz CT molecular complexity index is 996. The Labute approximate surface area is 165 Å². The molecule has 27 heavy (non-hydrogen) atoms. The van der Waals surface area contributed by atoms with E-state index in [1.165, 1.54) is 6.33 Å². The summed E-state index contributed by atoms with van der Waals surface area (Å²) in [5.41, 5.74) is 3.10. The molecule has 3 aromatic rings. The fraction of sp³-hybridized carbons (Fsp3) is 0.150. The Hall–Kier alpha value is -2.93. The number of carbonyl (C=O) groups is 1. The van der Waals surface area contributed by atoms with Crippen LogP contribution in [0, 0.1) is 0 Å². The highest BCUT2D eigenvalue weighted by Gasteiger charge is 2.34. The fourth-order valence-corrected chi connectivity index (χ4v) is 3.37. The van der Waals surface area contributed by atoms with Crippen LogP contribution in [0.1, 0.15) is 24.1 Å². The number of aromatic nitrogens is 3. The lowest BCUT2D eigenvalue weighted by Gasteiger charge is -2.28. The van der Waals surface area contributed by atoms with Crippen molar-refractivity contribution in [3.63, 3.8) is 0 Å². The average molecular weight is 425 g/mol. The maximum atomic E-state index is 13.0. The lowest BCUT2D eigenvalue weighted by atomic mass is 9.96. The van der Waals surface area contributed by atoms with Gasteiger partial charge < -0.3 is 10.1 Å². The van der Waals surface area contributed by atoms with Gasteiger partial charge in [-0.2, -0.15) is 10.1 Å². The predicted molar refractivity (Wildman–Crippen MR) is 105 cm³/mol. The van der Waals surface area contributed by atoms with Crippen LogP contribution in [0.15, 0.2) is 76.7 Å². The van der Waals surface area contributed by atoms with Crippen LogP contribution in [0.5, 0.6) is 0 Å². The lowest BCUT2D eigenvalue weighted by molar-refractivity contribution is -0.140. The van der Waals surface area contributed by atoms with Crippen molar-refractivity contribution in [3.05, 3.63) is 87.8 Å². The standard InChI is InChI=1S/C20H17BrN4O2/c1-13-17(19(26)27-11-14-5-3-2-4-6-14)18(15-7-9-16(21)10-8-15)25-20(24-13)22-12-23-25/h2-10,12,18H,11H2,1H3,(H,22,23,24). The number of esters is 1. The van der Waals surface area contributed by atoms with E-state index in [0.717, 1.165) is 15.6 Å². The van der Waals surface area contributed by atoms with Crippen molar-refractivity contribution in [1.82, 2.24) is 14.8 Å². The van der Waals surface area contributed by atoms with Gasteiger partial charge in [-0.15, -0.1) is 0 Å². The van der Waals surface area contributed by atoms with Crippen molar-refractivity contribution in [2.45, 2.75) is 19.6 Å². The first kappa shape index (κ1) is 17.5. The molecule has 0 saturated carbocycles. The number of benzene rings is 2. The van der Waals surface area contributed by atoms with Crippen LogP contribution in [0.2, 0.25) is 0 Å². The van der Waals surface area contributed by atoms with Crippen LogP contribution in [0.3, 0.4) is 0 Å². The van der Waals surface area contributed by atoms with Gasteiger partial charge >= 0.3 is 5.97 Å². The van der Waals surface area contributed by atoms with E-state index in [1.807, 2.05) is 61.5 Å². The Morgan fingerprint density at radius 1 is 1.19 bits per heavy atom. The maximum absolute atomic E-state index is 13.0. The second-order valence-corrected chi connectivity index (χ2v) is 7.12. The first-order chi connectivity index (χ1) is 13.1. The number of halogens is 1. The molecular formula is C20H17BrN4O2. The smallest absolute Gasteiger partial charge is 0.338 e. The van der Waals surface area contributed by atoms with Gasteiger partial charge in [0.15, 0.2) is 0 Å². The molecule has 1 N–H and O–H groups in total. The van der Waals surface area contributed by atoms with Crippen molar-refractivity contribution in [1.29, 1.82) is 0 Å². The number of nitrogens with zero attached hydrogens (tertiary/aromatic N) is 3. The van der Waals surface area contributed by atoms with Crippen LogP contribution >= 0.6 is 15.9 Å². The van der Waals surface area contributed by atoms with Crippen molar-refractivity contribution in [2.24, 2.45) is 0 Å². The third-order valence-corrected chi connectivity index (χ3v) is 4.94. The van der Waals surface area contributed by atoms with Gasteiger partial charge in [-0.25, -0.2) is 9.48 Å². The molecule has 2 aromatic carbocycles. The zero-order valence-electron chi connectivity index (χ0n) is 14.6. The zero-order chi connectivity index (χ0) is 18.8. The number of nitrogens with one attached hydrogen (secondary N) is 1. The average Bonchev–Trinajstić information content (AvgIpc) is 3.14.